The molecule has 2 heterocycles. The van der Waals surface area contributed by atoms with Gasteiger partial charge in [-0.1, -0.05) is 83.2 Å². The summed E-state index contributed by atoms with van der Waals surface area (Å²) in [4.78, 5) is 20.8. The molecule has 1 aliphatic carbocycles. The Morgan fingerprint density at radius 2 is 1.69 bits per heavy atom. The van der Waals surface area contributed by atoms with Crippen LogP contribution < -0.4 is 4.90 Å². The number of pyridine rings is 1. The number of ketones is 1. The lowest BCUT2D eigenvalue weighted by Crippen LogP contribution is -2.33. The predicted octanol–water partition coefficient (Wildman–Crippen LogP) is 8.10. The SMILES string of the molecule is CC1(C)C=C2C(=Cc3cc4cc(C(C)(C)C)ccc4nc3N2c2cccc3ccccc23)C(=O)C1. The van der Waals surface area contributed by atoms with E-state index in [-0.39, 0.29) is 16.6 Å². The number of nitrogens with zero attached hydrogens (tertiary/aromatic N) is 2. The van der Waals surface area contributed by atoms with E-state index in [2.05, 4.69) is 118 Å². The normalized spacial score (nSPS) is 17.2. The van der Waals surface area contributed by atoms with Gasteiger partial charge in [0.25, 0.3) is 0 Å². The Morgan fingerprint density at radius 1 is 0.914 bits per heavy atom. The molecule has 0 fully saturated rings. The van der Waals surface area contributed by atoms with E-state index in [0.717, 1.165) is 44.6 Å². The van der Waals surface area contributed by atoms with Gasteiger partial charge in [0.05, 0.1) is 16.9 Å². The molecule has 3 heteroatoms. The lowest BCUT2D eigenvalue weighted by atomic mass is 9.77. The molecule has 1 aliphatic heterocycles. The topological polar surface area (TPSA) is 33.2 Å². The molecule has 0 N–H and O–H groups in total. The maximum Gasteiger partial charge on any atom is 0.165 e. The van der Waals surface area contributed by atoms with Crippen molar-refractivity contribution in [1.29, 1.82) is 0 Å². The van der Waals surface area contributed by atoms with Crippen LogP contribution in [0.1, 0.15) is 52.2 Å². The highest BCUT2D eigenvalue weighted by molar-refractivity contribution is 6.11. The third-order valence-electron chi connectivity index (χ3n) is 7.17. The van der Waals surface area contributed by atoms with E-state index in [1.165, 1.54) is 10.9 Å². The van der Waals surface area contributed by atoms with Gasteiger partial charge in [-0.05, 0) is 52.1 Å². The van der Waals surface area contributed by atoms with E-state index >= 15 is 0 Å². The fourth-order valence-electron chi connectivity index (χ4n) is 5.34. The Bertz CT molecular complexity index is 1590. The minimum Gasteiger partial charge on any atom is -0.294 e. The third-order valence-corrected chi connectivity index (χ3v) is 7.17. The second-order valence-electron chi connectivity index (χ2n) is 11.6. The maximum atomic E-state index is 13.4. The highest BCUT2D eigenvalue weighted by Gasteiger charge is 2.37. The number of carbonyl (C=O) groups is 1. The second kappa shape index (κ2) is 7.39. The number of carbonyl (C=O) groups excluding carboxylic acids is 1. The Morgan fingerprint density at radius 3 is 2.49 bits per heavy atom. The second-order valence-corrected chi connectivity index (χ2v) is 11.6. The Hall–Kier alpha value is -3.72. The van der Waals surface area contributed by atoms with E-state index in [1.54, 1.807) is 0 Å². The van der Waals surface area contributed by atoms with Gasteiger partial charge in [0.15, 0.2) is 5.78 Å². The van der Waals surface area contributed by atoms with E-state index in [1.807, 2.05) is 0 Å². The molecule has 3 aromatic carbocycles. The quantitative estimate of drug-likeness (QED) is 0.289. The molecule has 0 atom stereocenters. The number of rotatable bonds is 1. The number of anilines is 2. The Kier molecular flexibility index (Phi) is 4.60. The van der Waals surface area contributed by atoms with Crippen molar-refractivity contribution in [3.05, 3.63) is 95.2 Å². The number of benzene rings is 3. The number of fused-ring (bicyclic) bond motifs is 4. The predicted molar refractivity (Wildman–Crippen MR) is 146 cm³/mol. The van der Waals surface area contributed by atoms with Crippen LogP contribution >= 0.6 is 0 Å². The lowest BCUT2D eigenvalue weighted by Gasteiger charge is -2.38. The van der Waals surface area contributed by atoms with Crippen molar-refractivity contribution < 1.29 is 4.79 Å². The molecule has 2 aliphatic rings. The zero-order valence-electron chi connectivity index (χ0n) is 21.0. The van der Waals surface area contributed by atoms with Crippen molar-refractivity contribution >= 4 is 45.0 Å². The van der Waals surface area contributed by atoms with Crippen LogP contribution in [0.25, 0.3) is 27.8 Å². The molecule has 35 heavy (non-hydrogen) atoms. The van der Waals surface area contributed by atoms with E-state index in [4.69, 9.17) is 4.98 Å². The highest BCUT2D eigenvalue weighted by atomic mass is 16.1. The number of aromatic nitrogens is 1. The van der Waals surface area contributed by atoms with E-state index < -0.39 is 0 Å². The van der Waals surface area contributed by atoms with Crippen molar-refractivity contribution in [2.45, 2.75) is 46.5 Å². The van der Waals surface area contributed by atoms with Crippen LogP contribution in [-0.2, 0) is 10.2 Å². The van der Waals surface area contributed by atoms with Crippen LogP contribution in [-0.4, -0.2) is 10.8 Å². The molecule has 4 aromatic rings. The van der Waals surface area contributed by atoms with Gasteiger partial charge < -0.3 is 0 Å². The van der Waals surface area contributed by atoms with Crippen LogP contribution in [0.3, 0.4) is 0 Å². The van der Waals surface area contributed by atoms with Crippen molar-refractivity contribution in [3.8, 4) is 0 Å². The summed E-state index contributed by atoms with van der Waals surface area (Å²) < 4.78 is 0. The van der Waals surface area contributed by atoms with E-state index in [0.29, 0.717) is 6.42 Å². The largest absolute Gasteiger partial charge is 0.294 e. The minimum atomic E-state index is -0.220. The smallest absolute Gasteiger partial charge is 0.165 e. The highest BCUT2D eigenvalue weighted by Crippen LogP contribution is 2.47. The van der Waals surface area contributed by atoms with Gasteiger partial charge in [0.1, 0.15) is 5.82 Å². The van der Waals surface area contributed by atoms with Crippen molar-refractivity contribution in [1.82, 2.24) is 4.98 Å². The third kappa shape index (κ3) is 3.58. The summed E-state index contributed by atoms with van der Waals surface area (Å²) in [6, 6.07) is 23.5. The number of allylic oxidation sites excluding steroid dienone is 2. The first kappa shape index (κ1) is 21.8. The van der Waals surface area contributed by atoms with Gasteiger partial charge in [0, 0.05) is 28.3 Å². The maximum absolute atomic E-state index is 13.4. The molecule has 0 saturated carbocycles. The van der Waals surface area contributed by atoms with Crippen molar-refractivity contribution in [3.63, 3.8) is 0 Å². The molecule has 174 valence electrons. The number of hydrogen-bond acceptors (Lipinski definition) is 3. The Labute approximate surface area is 206 Å². The average Bonchev–Trinajstić information content (AvgIpc) is 2.80. The summed E-state index contributed by atoms with van der Waals surface area (Å²) in [6.07, 6.45) is 4.81. The monoisotopic (exact) mass is 458 g/mol. The molecule has 1 aromatic heterocycles. The summed E-state index contributed by atoms with van der Waals surface area (Å²) >= 11 is 0. The summed E-state index contributed by atoms with van der Waals surface area (Å²) in [6.45, 7) is 10.9. The summed E-state index contributed by atoms with van der Waals surface area (Å²) in [5, 5.41) is 3.41. The minimum absolute atomic E-state index is 0.0539. The van der Waals surface area contributed by atoms with Gasteiger partial charge in [-0.3, -0.25) is 9.69 Å². The van der Waals surface area contributed by atoms with Gasteiger partial charge >= 0.3 is 0 Å². The van der Waals surface area contributed by atoms with Gasteiger partial charge in [-0.25, -0.2) is 4.98 Å². The summed E-state index contributed by atoms with van der Waals surface area (Å²) in [5.41, 5.74) is 5.81. The molecular weight excluding hydrogens is 428 g/mol. The van der Waals surface area contributed by atoms with Crippen LogP contribution in [0.15, 0.2) is 84.1 Å². The first-order valence-electron chi connectivity index (χ1n) is 12.3. The van der Waals surface area contributed by atoms with Crippen LogP contribution in [0.2, 0.25) is 0 Å². The van der Waals surface area contributed by atoms with Crippen LogP contribution in [0.4, 0.5) is 11.5 Å². The van der Waals surface area contributed by atoms with Gasteiger partial charge in [0.2, 0.25) is 0 Å². The molecule has 0 saturated heterocycles. The molecular formula is C32H30N2O. The fourth-order valence-corrected chi connectivity index (χ4v) is 5.34. The summed E-state index contributed by atoms with van der Waals surface area (Å²) in [7, 11) is 0. The molecule has 0 spiro atoms. The molecule has 3 nitrogen and oxygen atoms in total. The van der Waals surface area contributed by atoms with Crippen molar-refractivity contribution in [2.75, 3.05) is 4.90 Å². The molecule has 0 unspecified atom stereocenters. The van der Waals surface area contributed by atoms with Crippen LogP contribution in [0, 0.1) is 5.41 Å². The zero-order chi connectivity index (χ0) is 24.5. The molecule has 0 radical (unpaired) electrons. The van der Waals surface area contributed by atoms with Crippen molar-refractivity contribution in [2.24, 2.45) is 5.41 Å². The van der Waals surface area contributed by atoms with Gasteiger partial charge in [-0.15, -0.1) is 0 Å². The number of hydrogen-bond donors (Lipinski definition) is 0. The first-order chi connectivity index (χ1) is 16.6. The first-order valence-corrected chi connectivity index (χ1v) is 12.3. The molecule has 0 bridgehead atoms. The number of Topliss-reactive ketones (excluding diaryl/α,β-unsaturated/α-hetero) is 1. The molecule has 0 amide bonds. The standard InChI is InChI=1S/C32H30N2O/c1-31(2,3)23-13-14-26-21(16-23)15-22-17-25-28(18-32(4,5)19-29(25)35)34(30(22)33-26)27-12-8-10-20-9-6-7-11-24(20)27/h6-18H,19H2,1-5H3. The lowest BCUT2D eigenvalue weighted by molar-refractivity contribution is -0.116. The van der Waals surface area contributed by atoms with Gasteiger partial charge in [-0.2, -0.15) is 0 Å². The Balaban J connectivity index is 1.67. The summed E-state index contributed by atoms with van der Waals surface area (Å²) in [5.74, 6) is 1.06. The van der Waals surface area contributed by atoms with Crippen LogP contribution in [0.5, 0.6) is 0 Å². The zero-order valence-corrected chi connectivity index (χ0v) is 21.0. The average molecular weight is 459 g/mol. The fraction of sp³-hybridized carbons (Fsp3) is 0.250. The van der Waals surface area contributed by atoms with E-state index in [9.17, 15) is 4.79 Å². The molecule has 6 rings (SSSR count).